The summed E-state index contributed by atoms with van der Waals surface area (Å²) in [6, 6.07) is 6.04. The number of amides is 1. The summed E-state index contributed by atoms with van der Waals surface area (Å²) in [7, 11) is 1.63. The van der Waals surface area contributed by atoms with Crippen molar-refractivity contribution in [3.63, 3.8) is 0 Å². The maximum absolute atomic E-state index is 12.0. The number of anilines is 1. The van der Waals surface area contributed by atoms with Gasteiger partial charge in [0.05, 0.1) is 25.9 Å². The summed E-state index contributed by atoms with van der Waals surface area (Å²) in [5.74, 6) is 0.0297. The van der Waals surface area contributed by atoms with Crippen LogP contribution >= 0.6 is 0 Å². The van der Waals surface area contributed by atoms with Gasteiger partial charge in [0.1, 0.15) is 0 Å². The van der Waals surface area contributed by atoms with E-state index in [0.717, 1.165) is 24.9 Å². The Hall–Kier alpha value is -1.59. The molecule has 1 aliphatic carbocycles. The fraction of sp³-hybridized carbons (Fsp3) is 0.562. The molecular weight excluding hydrogens is 268 g/mol. The standard InChI is InChI=1S/C16H24N2O3/c1-20-9-10-21-8-7-16(19)18-15-4-2-3-12-11-13(17)5-6-14(12)15/h5-6,11,15H,2-4,7-10,17H2,1H3,(H,18,19). The van der Waals surface area contributed by atoms with E-state index in [1.807, 2.05) is 18.2 Å². The Morgan fingerprint density at radius 3 is 3.05 bits per heavy atom. The normalized spacial score (nSPS) is 17.3. The van der Waals surface area contributed by atoms with Gasteiger partial charge in [-0.1, -0.05) is 6.07 Å². The van der Waals surface area contributed by atoms with Crippen molar-refractivity contribution in [1.29, 1.82) is 0 Å². The second kappa shape index (κ2) is 8.00. The molecule has 5 heteroatoms. The molecule has 1 amide bonds. The highest BCUT2D eigenvalue weighted by molar-refractivity contribution is 5.76. The molecule has 0 radical (unpaired) electrons. The second-order valence-corrected chi connectivity index (χ2v) is 5.33. The van der Waals surface area contributed by atoms with Crippen molar-refractivity contribution < 1.29 is 14.3 Å². The summed E-state index contributed by atoms with van der Waals surface area (Å²) >= 11 is 0. The number of hydrogen-bond acceptors (Lipinski definition) is 4. The van der Waals surface area contributed by atoms with Gasteiger partial charge >= 0.3 is 0 Å². The van der Waals surface area contributed by atoms with Crippen LogP contribution in [0.1, 0.15) is 36.4 Å². The zero-order chi connectivity index (χ0) is 15.1. The number of nitrogens with two attached hydrogens (primary N) is 1. The summed E-state index contributed by atoms with van der Waals surface area (Å²) in [5, 5.41) is 3.09. The number of nitrogen functional groups attached to an aromatic ring is 1. The molecule has 0 aromatic heterocycles. The van der Waals surface area contributed by atoms with E-state index in [-0.39, 0.29) is 11.9 Å². The van der Waals surface area contributed by atoms with Crippen LogP contribution < -0.4 is 11.1 Å². The summed E-state index contributed by atoms with van der Waals surface area (Å²) in [5.41, 5.74) is 9.06. The zero-order valence-corrected chi connectivity index (χ0v) is 12.6. The number of methoxy groups -OCH3 is 1. The smallest absolute Gasteiger partial charge is 0.222 e. The van der Waals surface area contributed by atoms with E-state index in [2.05, 4.69) is 5.32 Å². The third kappa shape index (κ3) is 4.72. The molecule has 0 bridgehead atoms. The molecule has 2 rings (SSSR count). The number of carbonyl (C=O) groups is 1. The van der Waals surface area contributed by atoms with Crippen LogP contribution in [0, 0.1) is 0 Å². The molecule has 1 aliphatic rings. The van der Waals surface area contributed by atoms with E-state index in [0.29, 0.717) is 26.2 Å². The molecule has 0 heterocycles. The van der Waals surface area contributed by atoms with Gasteiger partial charge in [0, 0.05) is 19.2 Å². The van der Waals surface area contributed by atoms with Gasteiger partial charge < -0.3 is 20.5 Å². The van der Waals surface area contributed by atoms with E-state index in [1.165, 1.54) is 11.1 Å². The minimum atomic E-state index is 0.0297. The topological polar surface area (TPSA) is 73.6 Å². The number of hydrogen-bond donors (Lipinski definition) is 2. The molecule has 1 aromatic carbocycles. The third-order valence-electron chi connectivity index (χ3n) is 3.72. The van der Waals surface area contributed by atoms with Gasteiger partial charge in [0.15, 0.2) is 0 Å². The molecule has 21 heavy (non-hydrogen) atoms. The molecule has 5 nitrogen and oxygen atoms in total. The first kappa shape index (κ1) is 15.8. The van der Waals surface area contributed by atoms with Crippen molar-refractivity contribution in [2.45, 2.75) is 31.7 Å². The number of ether oxygens (including phenoxy) is 2. The number of nitrogens with one attached hydrogen (secondary N) is 1. The summed E-state index contributed by atoms with van der Waals surface area (Å²) in [6.07, 6.45) is 3.47. The van der Waals surface area contributed by atoms with E-state index in [9.17, 15) is 4.79 Å². The predicted octanol–water partition coefficient (Wildman–Crippen LogP) is 1.82. The fourth-order valence-electron chi connectivity index (χ4n) is 2.66. The number of benzene rings is 1. The van der Waals surface area contributed by atoms with E-state index >= 15 is 0 Å². The van der Waals surface area contributed by atoms with Crippen molar-refractivity contribution in [3.8, 4) is 0 Å². The molecule has 3 N–H and O–H groups in total. The Morgan fingerprint density at radius 1 is 1.38 bits per heavy atom. The van der Waals surface area contributed by atoms with E-state index in [4.69, 9.17) is 15.2 Å². The van der Waals surface area contributed by atoms with Crippen molar-refractivity contribution in [1.82, 2.24) is 5.32 Å². The van der Waals surface area contributed by atoms with Crippen LogP contribution in [0.5, 0.6) is 0 Å². The number of carbonyl (C=O) groups excluding carboxylic acids is 1. The first-order valence-corrected chi connectivity index (χ1v) is 7.45. The van der Waals surface area contributed by atoms with Crippen molar-refractivity contribution in [3.05, 3.63) is 29.3 Å². The van der Waals surface area contributed by atoms with Crippen LogP contribution in [0.25, 0.3) is 0 Å². The number of aryl methyl sites for hydroxylation is 1. The monoisotopic (exact) mass is 292 g/mol. The highest BCUT2D eigenvalue weighted by Gasteiger charge is 2.21. The average Bonchev–Trinajstić information content (AvgIpc) is 2.47. The molecule has 0 saturated carbocycles. The summed E-state index contributed by atoms with van der Waals surface area (Å²) in [4.78, 5) is 12.0. The minimum absolute atomic E-state index is 0.0297. The maximum atomic E-state index is 12.0. The SMILES string of the molecule is COCCOCCC(=O)NC1CCCc2cc(N)ccc21. The van der Waals surface area contributed by atoms with Crippen LogP contribution in [0.4, 0.5) is 5.69 Å². The lowest BCUT2D eigenvalue weighted by molar-refractivity contribution is -0.123. The van der Waals surface area contributed by atoms with Crippen LogP contribution in [0.15, 0.2) is 18.2 Å². The van der Waals surface area contributed by atoms with Gasteiger partial charge in [0.2, 0.25) is 5.91 Å². The van der Waals surface area contributed by atoms with Gasteiger partial charge in [-0.05, 0) is 42.5 Å². The first-order chi connectivity index (χ1) is 10.2. The predicted molar refractivity (Wildman–Crippen MR) is 82.0 cm³/mol. The Bertz CT molecular complexity index is 477. The number of fused-ring (bicyclic) bond motifs is 1. The maximum Gasteiger partial charge on any atom is 0.222 e. The van der Waals surface area contributed by atoms with Crippen LogP contribution in [0.3, 0.4) is 0 Å². The van der Waals surface area contributed by atoms with E-state index in [1.54, 1.807) is 7.11 Å². The molecule has 0 fully saturated rings. The minimum Gasteiger partial charge on any atom is -0.399 e. The van der Waals surface area contributed by atoms with Gasteiger partial charge in [-0.2, -0.15) is 0 Å². The second-order valence-electron chi connectivity index (χ2n) is 5.33. The lowest BCUT2D eigenvalue weighted by Gasteiger charge is -2.26. The van der Waals surface area contributed by atoms with E-state index < -0.39 is 0 Å². The van der Waals surface area contributed by atoms with Gasteiger partial charge in [-0.25, -0.2) is 0 Å². The van der Waals surface area contributed by atoms with Gasteiger partial charge in [-0.3, -0.25) is 4.79 Å². The van der Waals surface area contributed by atoms with Crippen molar-refractivity contribution >= 4 is 11.6 Å². The highest BCUT2D eigenvalue weighted by Crippen LogP contribution is 2.30. The molecule has 116 valence electrons. The van der Waals surface area contributed by atoms with Crippen LogP contribution in [-0.4, -0.2) is 32.8 Å². The van der Waals surface area contributed by atoms with Gasteiger partial charge in [-0.15, -0.1) is 0 Å². The van der Waals surface area contributed by atoms with Crippen molar-refractivity contribution in [2.24, 2.45) is 0 Å². The number of rotatable bonds is 7. The molecular formula is C16H24N2O3. The van der Waals surface area contributed by atoms with Crippen LogP contribution in [-0.2, 0) is 20.7 Å². The van der Waals surface area contributed by atoms with Gasteiger partial charge in [0.25, 0.3) is 0 Å². The highest BCUT2D eigenvalue weighted by atomic mass is 16.5. The Kier molecular flexibility index (Phi) is 6.02. The Labute approximate surface area is 125 Å². The lowest BCUT2D eigenvalue weighted by Crippen LogP contribution is -2.31. The molecule has 0 spiro atoms. The molecule has 1 atom stereocenters. The largest absolute Gasteiger partial charge is 0.399 e. The average molecular weight is 292 g/mol. The summed E-state index contributed by atoms with van der Waals surface area (Å²) in [6.45, 7) is 1.50. The molecule has 0 saturated heterocycles. The quantitative estimate of drug-likeness (QED) is 0.594. The lowest BCUT2D eigenvalue weighted by atomic mass is 9.87. The van der Waals surface area contributed by atoms with Crippen molar-refractivity contribution in [2.75, 3.05) is 32.7 Å². The summed E-state index contributed by atoms with van der Waals surface area (Å²) < 4.78 is 10.2. The molecule has 0 aliphatic heterocycles. The third-order valence-corrected chi connectivity index (χ3v) is 3.72. The zero-order valence-electron chi connectivity index (χ0n) is 12.6. The van der Waals surface area contributed by atoms with Crippen LogP contribution in [0.2, 0.25) is 0 Å². The Morgan fingerprint density at radius 2 is 2.24 bits per heavy atom. The Balaban J connectivity index is 1.82. The molecule has 1 unspecified atom stereocenters. The fourth-order valence-corrected chi connectivity index (χ4v) is 2.66. The molecule has 1 aromatic rings. The first-order valence-electron chi connectivity index (χ1n) is 7.45.